The first-order valence-electron chi connectivity index (χ1n) is 9.92. The van der Waals surface area contributed by atoms with E-state index in [2.05, 4.69) is 5.32 Å². The number of nitrogens with one attached hydrogen (secondary N) is 1. The van der Waals surface area contributed by atoms with Gasteiger partial charge in [0.15, 0.2) is 6.61 Å². The minimum Gasteiger partial charge on any atom is -0.462 e. The topological polar surface area (TPSA) is 81.7 Å². The van der Waals surface area contributed by atoms with E-state index in [1.807, 2.05) is 13.0 Å². The summed E-state index contributed by atoms with van der Waals surface area (Å²) in [4.78, 5) is 37.9. The molecule has 6 nitrogen and oxygen atoms in total. The number of unbranched alkanes of at least 4 members (excludes halogenated alkanes) is 1. The van der Waals surface area contributed by atoms with E-state index in [4.69, 9.17) is 9.47 Å². The lowest BCUT2D eigenvalue weighted by Gasteiger charge is -2.08. The standard InChI is InChI=1S/C22H25NO5S/c1-2-3-12-27-21(25)15-8-10-17(11-9-15)23-20(24)14-28-22(26)19-13-16-6-4-5-7-18(16)29-19/h8-11,13H,2-7,12,14H2,1H3,(H,23,24). The van der Waals surface area contributed by atoms with Crippen molar-refractivity contribution >= 4 is 34.9 Å². The molecule has 0 spiro atoms. The van der Waals surface area contributed by atoms with Crippen molar-refractivity contribution in [2.75, 3.05) is 18.5 Å². The third kappa shape index (κ3) is 5.90. The maximum absolute atomic E-state index is 12.2. The summed E-state index contributed by atoms with van der Waals surface area (Å²) in [5.74, 6) is -1.29. The molecule has 0 bridgehead atoms. The van der Waals surface area contributed by atoms with E-state index < -0.39 is 11.9 Å². The van der Waals surface area contributed by atoms with Crippen LogP contribution in [0.25, 0.3) is 0 Å². The van der Waals surface area contributed by atoms with Crippen molar-refractivity contribution in [3.05, 3.63) is 51.2 Å². The molecular weight excluding hydrogens is 390 g/mol. The number of benzene rings is 1. The number of amides is 1. The van der Waals surface area contributed by atoms with Crippen molar-refractivity contribution in [3.8, 4) is 0 Å². The second-order valence-electron chi connectivity index (χ2n) is 6.96. The zero-order valence-electron chi connectivity index (χ0n) is 16.5. The maximum Gasteiger partial charge on any atom is 0.348 e. The van der Waals surface area contributed by atoms with Gasteiger partial charge in [0, 0.05) is 10.6 Å². The van der Waals surface area contributed by atoms with Crippen molar-refractivity contribution in [2.24, 2.45) is 0 Å². The largest absolute Gasteiger partial charge is 0.462 e. The second-order valence-corrected chi connectivity index (χ2v) is 8.09. The molecule has 1 amide bonds. The van der Waals surface area contributed by atoms with Crippen molar-refractivity contribution in [1.29, 1.82) is 0 Å². The van der Waals surface area contributed by atoms with E-state index in [-0.39, 0.29) is 12.6 Å². The number of ether oxygens (including phenoxy) is 2. The van der Waals surface area contributed by atoms with E-state index in [0.717, 1.165) is 38.5 Å². The number of hydrogen-bond donors (Lipinski definition) is 1. The third-order valence-electron chi connectivity index (χ3n) is 4.67. The first kappa shape index (κ1) is 21.0. The summed E-state index contributed by atoms with van der Waals surface area (Å²) < 4.78 is 10.3. The van der Waals surface area contributed by atoms with Crippen molar-refractivity contribution in [3.63, 3.8) is 0 Å². The molecule has 154 valence electrons. The first-order valence-corrected chi connectivity index (χ1v) is 10.7. The number of esters is 2. The van der Waals surface area contributed by atoms with Crippen LogP contribution in [0.5, 0.6) is 0 Å². The summed E-state index contributed by atoms with van der Waals surface area (Å²) in [6, 6.07) is 8.29. The molecular formula is C22H25NO5S. The Hall–Kier alpha value is -2.67. The number of hydrogen-bond acceptors (Lipinski definition) is 6. The minimum absolute atomic E-state index is 0.359. The van der Waals surface area contributed by atoms with Crippen LogP contribution in [0.4, 0.5) is 5.69 Å². The molecule has 0 aliphatic heterocycles. The van der Waals surface area contributed by atoms with Gasteiger partial charge < -0.3 is 14.8 Å². The van der Waals surface area contributed by atoms with Crippen LogP contribution in [0, 0.1) is 0 Å². The smallest absolute Gasteiger partial charge is 0.348 e. The summed E-state index contributed by atoms with van der Waals surface area (Å²) in [5.41, 5.74) is 2.17. The average Bonchev–Trinajstić information content (AvgIpc) is 3.17. The molecule has 0 saturated carbocycles. The van der Waals surface area contributed by atoms with Gasteiger partial charge in [0.1, 0.15) is 4.88 Å². The van der Waals surface area contributed by atoms with E-state index in [9.17, 15) is 14.4 Å². The number of fused-ring (bicyclic) bond motifs is 1. The van der Waals surface area contributed by atoms with Crippen LogP contribution >= 0.6 is 11.3 Å². The van der Waals surface area contributed by atoms with Gasteiger partial charge in [-0.05, 0) is 68.0 Å². The molecule has 0 saturated heterocycles. The van der Waals surface area contributed by atoms with Gasteiger partial charge >= 0.3 is 11.9 Å². The van der Waals surface area contributed by atoms with Crippen LogP contribution in [0.3, 0.4) is 0 Å². The van der Waals surface area contributed by atoms with E-state index in [1.165, 1.54) is 21.8 Å². The Bertz CT molecular complexity index is 848. The molecule has 1 heterocycles. The number of carbonyl (C=O) groups is 3. The fraction of sp³-hybridized carbons (Fsp3) is 0.409. The third-order valence-corrected chi connectivity index (χ3v) is 5.88. The van der Waals surface area contributed by atoms with E-state index >= 15 is 0 Å². The highest BCUT2D eigenvalue weighted by atomic mass is 32.1. The lowest BCUT2D eigenvalue weighted by Crippen LogP contribution is -2.20. The zero-order chi connectivity index (χ0) is 20.6. The van der Waals surface area contributed by atoms with Crippen LogP contribution in [0.15, 0.2) is 30.3 Å². The van der Waals surface area contributed by atoms with Crippen molar-refractivity contribution in [1.82, 2.24) is 0 Å². The molecule has 1 aliphatic carbocycles. The summed E-state index contributed by atoms with van der Waals surface area (Å²) >= 11 is 1.46. The normalized spacial score (nSPS) is 12.7. The lowest BCUT2D eigenvalue weighted by molar-refractivity contribution is -0.119. The summed E-state index contributed by atoms with van der Waals surface area (Å²) in [6.45, 7) is 2.06. The summed E-state index contributed by atoms with van der Waals surface area (Å²) in [6.07, 6.45) is 6.09. The van der Waals surface area contributed by atoms with Crippen LogP contribution in [-0.4, -0.2) is 31.1 Å². The van der Waals surface area contributed by atoms with Crippen molar-refractivity contribution in [2.45, 2.75) is 45.4 Å². The Morgan fingerprint density at radius 2 is 1.79 bits per heavy atom. The Morgan fingerprint density at radius 1 is 1.03 bits per heavy atom. The monoisotopic (exact) mass is 415 g/mol. The molecule has 0 radical (unpaired) electrons. The fourth-order valence-corrected chi connectivity index (χ4v) is 4.22. The van der Waals surface area contributed by atoms with E-state index in [1.54, 1.807) is 24.3 Å². The quantitative estimate of drug-likeness (QED) is 0.511. The molecule has 0 fully saturated rings. The molecule has 1 N–H and O–H groups in total. The predicted octanol–water partition coefficient (Wildman–Crippen LogP) is 4.38. The highest BCUT2D eigenvalue weighted by molar-refractivity contribution is 7.14. The van der Waals surface area contributed by atoms with E-state index in [0.29, 0.717) is 22.7 Å². The van der Waals surface area contributed by atoms with Gasteiger partial charge in [0.05, 0.1) is 12.2 Å². The highest BCUT2D eigenvalue weighted by Gasteiger charge is 2.19. The molecule has 1 aromatic heterocycles. The molecule has 2 aromatic rings. The first-order chi connectivity index (χ1) is 14.1. The van der Waals surface area contributed by atoms with Gasteiger partial charge in [-0.2, -0.15) is 0 Å². The Kier molecular flexibility index (Phi) is 7.41. The second kappa shape index (κ2) is 10.2. The van der Waals surface area contributed by atoms with Gasteiger partial charge in [-0.3, -0.25) is 4.79 Å². The molecule has 1 aliphatic rings. The van der Waals surface area contributed by atoms with Crippen LogP contribution < -0.4 is 5.32 Å². The van der Waals surface area contributed by atoms with Crippen molar-refractivity contribution < 1.29 is 23.9 Å². The van der Waals surface area contributed by atoms with Crippen LogP contribution in [0.2, 0.25) is 0 Å². The Labute approximate surface area is 174 Å². The number of anilines is 1. The number of thiophene rings is 1. The lowest BCUT2D eigenvalue weighted by atomic mass is 9.99. The predicted molar refractivity (Wildman–Crippen MR) is 112 cm³/mol. The summed E-state index contributed by atoms with van der Waals surface area (Å²) in [5, 5.41) is 2.65. The number of rotatable bonds is 8. The maximum atomic E-state index is 12.2. The Morgan fingerprint density at radius 3 is 2.52 bits per heavy atom. The Balaban J connectivity index is 1.46. The summed E-state index contributed by atoms with van der Waals surface area (Å²) in [7, 11) is 0. The van der Waals surface area contributed by atoms with Gasteiger partial charge in [-0.25, -0.2) is 9.59 Å². The SMILES string of the molecule is CCCCOC(=O)c1ccc(NC(=O)COC(=O)c2cc3c(s2)CCCC3)cc1. The molecule has 0 atom stereocenters. The molecule has 1 aromatic carbocycles. The number of aryl methyl sites for hydroxylation is 2. The van der Waals surface area contributed by atoms with Gasteiger partial charge in [0.25, 0.3) is 5.91 Å². The van der Waals surface area contributed by atoms with Gasteiger partial charge in [0.2, 0.25) is 0 Å². The molecule has 0 unspecified atom stereocenters. The minimum atomic E-state index is -0.468. The highest BCUT2D eigenvalue weighted by Crippen LogP contribution is 2.30. The van der Waals surface area contributed by atoms with Crippen LogP contribution in [0.1, 0.15) is 63.1 Å². The molecule has 7 heteroatoms. The molecule has 29 heavy (non-hydrogen) atoms. The zero-order valence-corrected chi connectivity index (χ0v) is 17.3. The van der Waals surface area contributed by atoms with Crippen LogP contribution in [-0.2, 0) is 27.1 Å². The van der Waals surface area contributed by atoms with Gasteiger partial charge in [-0.1, -0.05) is 13.3 Å². The fourth-order valence-electron chi connectivity index (χ4n) is 3.07. The number of carbonyl (C=O) groups excluding carboxylic acids is 3. The molecule has 3 rings (SSSR count). The van der Waals surface area contributed by atoms with Gasteiger partial charge in [-0.15, -0.1) is 11.3 Å². The average molecular weight is 416 g/mol.